The van der Waals surface area contributed by atoms with Crippen LogP contribution in [-0.4, -0.2) is 47.2 Å². The predicted molar refractivity (Wildman–Crippen MR) is 125 cm³/mol. The van der Waals surface area contributed by atoms with E-state index in [9.17, 15) is 24.5 Å². The molecule has 10 nitrogen and oxygen atoms in total. The van der Waals surface area contributed by atoms with E-state index in [-0.39, 0.29) is 29.1 Å². The van der Waals surface area contributed by atoms with Gasteiger partial charge in [0.1, 0.15) is 5.54 Å². The van der Waals surface area contributed by atoms with E-state index in [1.54, 1.807) is 25.1 Å². The molecule has 0 saturated carbocycles. The normalized spacial score (nSPS) is 28.9. The smallest absolute Gasteiger partial charge is 0.311 e. The Labute approximate surface area is 204 Å². The monoisotopic (exact) mass is 496 g/mol. The summed E-state index contributed by atoms with van der Waals surface area (Å²) in [5, 5.41) is 14.7. The SMILES string of the molecule is COc1cc(N2C(=O)[C@@H]3[C@H]4CCCN4[C@@]4(C(=O)Nc5c(Cl)cccc54)[C@@H]3C2=O)c(C)cc1[N+](=O)[O-]. The first-order valence-corrected chi connectivity index (χ1v) is 11.7. The van der Waals surface area contributed by atoms with Gasteiger partial charge in [0.25, 0.3) is 5.91 Å². The van der Waals surface area contributed by atoms with Crippen molar-refractivity contribution >= 4 is 46.4 Å². The molecule has 3 amide bonds. The number of benzene rings is 2. The Bertz CT molecular complexity index is 1360. The van der Waals surface area contributed by atoms with Gasteiger partial charge in [-0.1, -0.05) is 23.7 Å². The minimum absolute atomic E-state index is 0.0544. The molecule has 2 aromatic rings. The van der Waals surface area contributed by atoms with Gasteiger partial charge in [0.05, 0.1) is 40.3 Å². The van der Waals surface area contributed by atoms with Gasteiger partial charge in [0.2, 0.25) is 11.8 Å². The molecular weight excluding hydrogens is 476 g/mol. The molecule has 4 aliphatic heterocycles. The van der Waals surface area contributed by atoms with Gasteiger partial charge in [-0.15, -0.1) is 0 Å². The van der Waals surface area contributed by atoms with Crippen molar-refractivity contribution in [2.24, 2.45) is 11.8 Å². The van der Waals surface area contributed by atoms with Crippen molar-refractivity contribution in [3.63, 3.8) is 0 Å². The fourth-order valence-electron chi connectivity index (χ4n) is 6.64. The zero-order chi connectivity index (χ0) is 24.8. The number of carbonyl (C=O) groups excluding carboxylic acids is 3. The molecule has 0 unspecified atom stereocenters. The fourth-order valence-corrected chi connectivity index (χ4v) is 6.86. The lowest BCUT2D eigenvalue weighted by atomic mass is 9.75. The standard InChI is InChI=1S/C24H21ClN4O6/c1-11-9-16(29(33)34)17(35-2)10-15(11)28-21(30)18-14-7-4-8-27(14)24(19(18)22(28)31)12-5-3-6-13(25)20(12)26-23(24)32/h3,5-6,9-10,14,18-19H,4,7-8H2,1-2H3,(H,26,32)/t14-,18-,19+,24-/m1/s1. The number of imide groups is 1. The lowest BCUT2D eigenvalue weighted by molar-refractivity contribution is -0.385. The Kier molecular flexibility index (Phi) is 4.56. The Morgan fingerprint density at radius 2 is 2.00 bits per heavy atom. The van der Waals surface area contributed by atoms with Gasteiger partial charge < -0.3 is 10.1 Å². The first-order valence-electron chi connectivity index (χ1n) is 11.3. The lowest BCUT2D eigenvalue weighted by Crippen LogP contribution is -2.54. The van der Waals surface area contributed by atoms with Gasteiger partial charge in [-0.25, -0.2) is 4.90 Å². The number of methoxy groups -OCH3 is 1. The Morgan fingerprint density at radius 3 is 2.71 bits per heavy atom. The van der Waals surface area contributed by atoms with E-state index in [1.807, 2.05) is 4.90 Å². The maximum Gasteiger partial charge on any atom is 0.311 e. The summed E-state index contributed by atoms with van der Waals surface area (Å²) in [5.74, 6) is -2.99. The number of nitrogens with one attached hydrogen (secondary N) is 1. The number of fused-ring (bicyclic) bond motifs is 7. The van der Waals surface area contributed by atoms with Crippen LogP contribution < -0.4 is 15.0 Å². The number of hydrogen-bond donors (Lipinski definition) is 1. The van der Waals surface area contributed by atoms with E-state index in [1.165, 1.54) is 19.2 Å². The summed E-state index contributed by atoms with van der Waals surface area (Å²) in [6, 6.07) is 7.57. The average molecular weight is 497 g/mol. The summed E-state index contributed by atoms with van der Waals surface area (Å²) in [6.45, 7) is 2.19. The van der Waals surface area contributed by atoms with Crippen LogP contribution in [0, 0.1) is 28.9 Å². The number of hydrogen-bond acceptors (Lipinski definition) is 7. The van der Waals surface area contributed by atoms with E-state index in [0.717, 1.165) is 11.3 Å². The highest BCUT2D eigenvalue weighted by Crippen LogP contribution is 2.61. The van der Waals surface area contributed by atoms with Crippen molar-refractivity contribution in [3.05, 3.63) is 56.6 Å². The molecule has 1 N–H and O–H groups in total. The fraction of sp³-hybridized carbons (Fsp3) is 0.375. The molecule has 0 aromatic heterocycles. The van der Waals surface area contributed by atoms with Crippen molar-refractivity contribution in [1.29, 1.82) is 0 Å². The van der Waals surface area contributed by atoms with Crippen LogP contribution in [0.15, 0.2) is 30.3 Å². The van der Waals surface area contributed by atoms with Crippen LogP contribution >= 0.6 is 11.6 Å². The largest absolute Gasteiger partial charge is 0.490 e. The van der Waals surface area contributed by atoms with Crippen LogP contribution in [0.4, 0.5) is 17.1 Å². The number of para-hydroxylation sites is 1. The van der Waals surface area contributed by atoms with Crippen LogP contribution in [0.3, 0.4) is 0 Å². The van der Waals surface area contributed by atoms with E-state index in [4.69, 9.17) is 16.3 Å². The van der Waals surface area contributed by atoms with Crippen molar-refractivity contribution in [2.75, 3.05) is 23.9 Å². The summed E-state index contributed by atoms with van der Waals surface area (Å²) >= 11 is 6.40. The molecule has 35 heavy (non-hydrogen) atoms. The molecule has 1 spiro atoms. The Hall–Kier alpha value is -3.50. The van der Waals surface area contributed by atoms with Crippen LogP contribution in [0.1, 0.15) is 24.0 Å². The number of nitro groups is 1. The van der Waals surface area contributed by atoms with Crippen molar-refractivity contribution < 1.29 is 24.0 Å². The maximum atomic E-state index is 14.1. The van der Waals surface area contributed by atoms with Crippen molar-refractivity contribution in [1.82, 2.24) is 4.90 Å². The minimum atomic E-state index is -1.34. The molecule has 0 bridgehead atoms. The zero-order valence-electron chi connectivity index (χ0n) is 18.9. The predicted octanol–water partition coefficient (Wildman–Crippen LogP) is 3.00. The average Bonchev–Trinajstić information content (AvgIpc) is 3.53. The topological polar surface area (TPSA) is 122 Å². The van der Waals surface area contributed by atoms with Gasteiger partial charge in [0.15, 0.2) is 5.75 Å². The molecule has 4 aliphatic rings. The molecule has 11 heteroatoms. The number of rotatable bonds is 3. The summed E-state index contributed by atoms with van der Waals surface area (Å²) in [7, 11) is 1.29. The second-order valence-corrected chi connectivity index (χ2v) is 9.78. The summed E-state index contributed by atoms with van der Waals surface area (Å²) in [4.78, 5) is 55.6. The molecule has 0 aliphatic carbocycles. The summed E-state index contributed by atoms with van der Waals surface area (Å²) in [5.41, 5.74) is 0.0850. The molecule has 4 heterocycles. The number of aryl methyl sites for hydroxylation is 1. The Balaban J connectivity index is 1.54. The van der Waals surface area contributed by atoms with Crippen LogP contribution in [0.25, 0.3) is 0 Å². The van der Waals surface area contributed by atoms with E-state index in [2.05, 4.69) is 5.32 Å². The van der Waals surface area contributed by atoms with Gasteiger partial charge in [-0.3, -0.25) is 29.4 Å². The van der Waals surface area contributed by atoms with Crippen LogP contribution in [-0.2, 0) is 19.9 Å². The number of halogens is 1. The highest BCUT2D eigenvalue weighted by molar-refractivity contribution is 6.35. The molecule has 180 valence electrons. The highest BCUT2D eigenvalue weighted by Gasteiger charge is 2.74. The zero-order valence-corrected chi connectivity index (χ0v) is 19.7. The highest BCUT2D eigenvalue weighted by atomic mass is 35.5. The van der Waals surface area contributed by atoms with Crippen LogP contribution in [0.2, 0.25) is 5.02 Å². The maximum absolute atomic E-state index is 14.1. The number of carbonyl (C=O) groups is 3. The second kappa shape index (κ2) is 7.25. The Morgan fingerprint density at radius 1 is 1.23 bits per heavy atom. The third-order valence-electron chi connectivity index (χ3n) is 7.91. The van der Waals surface area contributed by atoms with Crippen molar-refractivity contribution in [2.45, 2.75) is 31.3 Å². The van der Waals surface area contributed by atoms with E-state index in [0.29, 0.717) is 34.8 Å². The molecule has 3 saturated heterocycles. The minimum Gasteiger partial charge on any atom is -0.490 e. The summed E-state index contributed by atoms with van der Waals surface area (Å²) < 4.78 is 5.19. The molecule has 3 fully saturated rings. The molecule has 0 radical (unpaired) electrons. The van der Waals surface area contributed by atoms with E-state index < -0.39 is 34.1 Å². The molecule has 4 atom stereocenters. The third kappa shape index (κ3) is 2.55. The third-order valence-corrected chi connectivity index (χ3v) is 8.23. The lowest BCUT2D eigenvalue weighted by Gasteiger charge is -2.36. The van der Waals surface area contributed by atoms with Crippen molar-refractivity contribution in [3.8, 4) is 5.75 Å². The molecular formula is C24H21ClN4O6. The number of nitrogens with zero attached hydrogens (tertiary/aromatic N) is 3. The van der Waals surface area contributed by atoms with Gasteiger partial charge >= 0.3 is 5.69 Å². The number of anilines is 2. The first-order chi connectivity index (χ1) is 16.7. The van der Waals surface area contributed by atoms with Crippen LogP contribution in [0.5, 0.6) is 5.75 Å². The number of ether oxygens (including phenoxy) is 1. The molecule has 6 rings (SSSR count). The van der Waals surface area contributed by atoms with Gasteiger partial charge in [-0.2, -0.15) is 0 Å². The number of nitro benzene ring substituents is 1. The summed E-state index contributed by atoms with van der Waals surface area (Å²) in [6.07, 6.45) is 1.48. The molecule has 2 aromatic carbocycles. The second-order valence-electron chi connectivity index (χ2n) is 9.37. The van der Waals surface area contributed by atoms with Gasteiger partial charge in [0, 0.05) is 23.7 Å². The number of amides is 3. The first kappa shape index (κ1) is 22.0. The quantitative estimate of drug-likeness (QED) is 0.393. The van der Waals surface area contributed by atoms with E-state index >= 15 is 0 Å². The van der Waals surface area contributed by atoms with Gasteiger partial charge in [-0.05, 0) is 37.9 Å².